The second kappa shape index (κ2) is 8.51. The molecule has 0 aliphatic rings. The van der Waals surface area contributed by atoms with Crippen molar-refractivity contribution in [1.29, 1.82) is 0 Å². The summed E-state index contributed by atoms with van der Waals surface area (Å²) in [5, 5.41) is 35.6. The second-order valence-electron chi connectivity index (χ2n) is 7.60. The fraction of sp³-hybridized carbons (Fsp3) is 0. The normalized spacial score (nSPS) is 11.3. The van der Waals surface area contributed by atoms with E-state index in [1.165, 1.54) is 12.1 Å². The SMILES string of the molecule is O=[N+]([O-])c1ccc(-c2ccc3ccccc3c2N=Nc2cccc3ccccc23)c([N+](=O)[O-])c1. The Morgan fingerprint density at radius 2 is 1.24 bits per heavy atom. The van der Waals surface area contributed by atoms with E-state index in [0.717, 1.165) is 27.6 Å². The standard InChI is InChI=1S/C26H16N4O4/c31-29(32)19-13-15-22(25(16-19)30(33)34)23-14-12-18-7-2-4-10-21(18)26(23)28-27-24-11-5-8-17-6-1-3-9-20(17)24/h1-16H. The number of nitro groups is 2. The lowest BCUT2D eigenvalue weighted by Gasteiger charge is -2.10. The number of hydrogen-bond donors (Lipinski definition) is 0. The molecule has 0 atom stereocenters. The predicted molar refractivity (Wildman–Crippen MR) is 131 cm³/mol. The summed E-state index contributed by atoms with van der Waals surface area (Å²) < 4.78 is 0. The molecule has 34 heavy (non-hydrogen) atoms. The molecule has 0 radical (unpaired) electrons. The molecule has 0 unspecified atom stereocenters. The quantitative estimate of drug-likeness (QED) is 0.154. The maximum atomic E-state index is 11.8. The molecule has 5 aromatic carbocycles. The molecule has 0 saturated heterocycles. The Morgan fingerprint density at radius 1 is 0.588 bits per heavy atom. The summed E-state index contributed by atoms with van der Waals surface area (Å²) in [5.41, 5.74) is 1.08. The van der Waals surface area contributed by atoms with Gasteiger partial charge in [0.15, 0.2) is 0 Å². The molecule has 0 bridgehead atoms. The third-order valence-electron chi connectivity index (χ3n) is 5.60. The molecule has 0 N–H and O–H groups in total. The minimum atomic E-state index is -0.654. The van der Waals surface area contributed by atoms with Crippen LogP contribution in [0.5, 0.6) is 0 Å². The minimum Gasteiger partial charge on any atom is -0.258 e. The number of benzene rings is 5. The highest BCUT2D eigenvalue weighted by molar-refractivity contribution is 6.01. The summed E-state index contributed by atoms with van der Waals surface area (Å²) in [4.78, 5) is 21.7. The maximum absolute atomic E-state index is 11.8. The van der Waals surface area contributed by atoms with Gasteiger partial charge in [-0.25, -0.2) is 0 Å². The molecular formula is C26H16N4O4. The predicted octanol–water partition coefficient (Wildman–Crippen LogP) is 7.89. The summed E-state index contributed by atoms with van der Waals surface area (Å²) in [6.45, 7) is 0. The van der Waals surface area contributed by atoms with Crippen molar-refractivity contribution in [2.75, 3.05) is 0 Å². The van der Waals surface area contributed by atoms with Gasteiger partial charge in [0.1, 0.15) is 5.69 Å². The Kier molecular flexibility index (Phi) is 5.23. The fourth-order valence-electron chi connectivity index (χ4n) is 3.99. The largest absolute Gasteiger partial charge is 0.284 e. The van der Waals surface area contributed by atoms with Crippen molar-refractivity contribution in [3.63, 3.8) is 0 Å². The van der Waals surface area contributed by atoms with E-state index >= 15 is 0 Å². The molecule has 0 aliphatic carbocycles. The van der Waals surface area contributed by atoms with Gasteiger partial charge in [0, 0.05) is 22.4 Å². The molecule has 0 heterocycles. The van der Waals surface area contributed by atoms with Crippen LogP contribution in [0.2, 0.25) is 0 Å². The van der Waals surface area contributed by atoms with Crippen LogP contribution < -0.4 is 0 Å². The first-order valence-corrected chi connectivity index (χ1v) is 10.4. The van der Waals surface area contributed by atoms with Crippen molar-refractivity contribution in [3.05, 3.63) is 117 Å². The first-order valence-electron chi connectivity index (χ1n) is 10.4. The maximum Gasteiger partial charge on any atom is 0.284 e. The van der Waals surface area contributed by atoms with E-state index in [-0.39, 0.29) is 16.9 Å². The highest BCUT2D eigenvalue weighted by Gasteiger charge is 2.23. The van der Waals surface area contributed by atoms with E-state index in [1.54, 1.807) is 6.07 Å². The van der Waals surface area contributed by atoms with E-state index in [9.17, 15) is 20.2 Å². The summed E-state index contributed by atoms with van der Waals surface area (Å²) in [6, 6.07) is 28.2. The summed E-state index contributed by atoms with van der Waals surface area (Å²) in [7, 11) is 0. The van der Waals surface area contributed by atoms with Gasteiger partial charge < -0.3 is 0 Å². The lowest BCUT2D eigenvalue weighted by molar-refractivity contribution is -0.393. The molecule has 8 nitrogen and oxygen atoms in total. The van der Waals surface area contributed by atoms with Crippen molar-refractivity contribution >= 4 is 44.3 Å². The molecule has 0 spiro atoms. The monoisotopic (exact) mass is 448 g/mol. The van der Waals surface area contributed by atoms with Gasteiger partial charge >= 0.3 is 0 Å². The Bertz CT molecular complexity index is 1620. The average molecular weight is 448 g/mol. The molecular weight excluding hydrogens is 432 g/mol. The van der Waals surface area contributed by atoms with E-state index < -0.39 is 9.85 Å². The van der Waals surface area contributed by atoms with Crippen LogP contribution in [-0.4, -0.2) is 9.85 Å². The van der Waals surface area contributed by atoms with E-state index in [4.69, 9.17) is 0 Å². The van der Waals surface area contributed by atoms with Crippen LogP contribution in [0.15, 0.2) is 107 Å². The van der Waals surface area contributed by atoms with Crippen molar-refractivity contribution in [2.24, 2.45) is 10.2 Å². The Balaban J connectivity index is 1.75. The number of rotatable bonds is 5. The average Bonchev–Trinajstić information content (AvgIpc) is 2.86. The molecule has 0 aliphatic heterocycles. The first-order chi connectivity index (χ1) is 16.5. The van der Waals surface area contributed by atoms with E-state index in [1.807, 2.05) is 72.8 Å². The third kappa shape index (κ3) is 3.73. The number of azo groups is 1. The Morgan fingerprint density at radius 3 is 1.97 bits per heavy atom. The third-order valence-corrected chi connectivity index (χ3v) is 5.60. The Labute approximate surface area is 193 Å². The number of hydrogen-bond acceptors (Lipinski definition) is 6. The number of non-ortho nitro benzene ring substituents is 1. The zero-order chi connectivity index (χ0) is 23.7. The van der Waals surface area contributed by atoms with Crippen molar-refractivity contribution < 1.29 is 9.85 Å². The van der Waals surface area contributed by atoms with Crippen LogP contribution in [0, 0.1) is 20.2 Å². The van der Waals surface area contributed by atoms with Crippen molar-refractivity contribution in [1.82, 2.24) is 0 Å². The summed E-state index contributed by atoms with van der Waals surface area (Å²) >= 11 is 0. The van der Waals surface area contributed by atoms with Gasteiger partial charge in [-0.05, 0) is 22.9 Å². The van der Waals surface area contributed by atoms with Crippen molar-refractivity contribution in [2.45, 2.75) is 0 Å². The molecule has 0 saturated carbocycles. The number of nitro benzene ring substituents is 2. The first kappa shape index (κ1) is 20.9. The summed E-state index contributed by atoms with van der Waals surface area (Å²) in [6.07, 6.45) is 0. The number of nitrogens with zero attached hydrogens (tertiary/aromatic N) is 4. The van der Waals surface area contributed by atoms with E-state index in [0.29, 0.717) is 16.9 Å². The minimum absolute atomic E-state index is 0.230. The van der Waals surface area contributed by atoms with Crippen LogP contribution >= 0.6 is 0 Å². The van der Waals surface area contributed by atoms with Gasteiger partial charge in [-0.2, -0.15) is 0 Å². The highest BCUT2D eigenvalue weighted by atomic mass is 16.6. The van der Waals surface area contributed by atoms with Crippen LogP contribution in [0.3, 0.4) is 0 Å². The molecule has 8 heteroatoms. The van der Waals surface area contributed by atoms with Gasteiger partial charge in [0.25, 0.3) is 11.4 Å². The lowest BCUT2D eigenvalue weighted by atomic mass is 9.97. The molecule has 0 fully saturated rings. The second-order valence-corrected chi connectivity index (χ2v) is 7.60. The smallest absolute Gasteiger partial charge is 0.258 e. The zero-order valence-electron chi connectivity index (χ0n) is 17.7. The molecule has 0 amide bonds. The van der Waals surface area contributed by atoms with Crippen LogP contribution in [0.4, 0.5) is 22.7 Å². The molecule has 5 aromatic rings. The zero-order valence-corrected chi connectivity index (χ0v) is 17.7. The van der Waals surface area contributed by atoms with Crippen LogP contribution in [0.25, 0.3) is 32.7 Å². The Hall–Kier alpha value is -4.98. The summed E-state index contributed by atoms with van der Waals surface area (Å²) in [5.74, 6) is 0. The number of fused-ring (bicyclic) bond motifs is 2. The van der Waals surface area contributed by atoms with Gasteiger partial charge in [-0.3, -0.25) is 20.2 Å². The topological polar surface area (TPSA) is 111 Å². The van der Waals surface area contributed by atoms with Crippen LogP contribution in [-0.2, 0) is 0 Å². The lowest BCUT2D eigenvalue weighted by Crippen LogP contribution is -1.95. The van der Waals surface area contributed by atoms with Gasteiger partial charge in [0.2, 0.25) is 0 Å². The van der Waals surface area contributed by atoms with Gasteiger partial charge in [-0.15, -0.1) is 10.2 Å². The van der Waals surface area contributed by atoms with Crippen molar-refractivity contribution in [3.8, 4) is 11.1 Å². The van der Waals surface area contributed by atoms with Crippen LogP contribution in [0.1, 0.15) is 0 Å². The molecule has 164 valence electrons. The van der Waals surface area contributed by atoms with Gasteiger partial charge in [0.05, 0.1) is 27.2 Å². The highest BCUT2D eigenvalue weighted by Crippen LogP contribution is 2.42. The fourth-order valence-corrected chi connectivity index (χ4v) is 3.99. The molecule has 0 aromatic heterocycles. The molecule has 5 rings (SSSR count). The van der Waals surface area contributed by atoms with E-state index in [2.05, 4.69) is 10.2 Å². The van der Waals surface area contributed by atoms with Gasteiger partial charge in [-0.1, -0.05) is 72.8 Å².